The Morgan fingerprint density at radius 1 is 1.28 bits per heavy atom. The summed E-state index contributed by atoms with van der Waals surface area (Å²) >= 11 is 0. The summed E-state index contributed by atoms with van der Waals surface area (Å²) in [5.41, 5.74) is 4.01. The maximum absolute atomic E-state index is 13.0. The van der Waals surface area contributed by atoms with E-state index in [-0.39, 0.29) is 17.9 Å². The summed E-state index contributed by atoms with van der Waals surface area (Å²) < 4.78 is 1.87. The summed E-state index contributed by atoms with van der Waals surface area (Å²) in [6, 6.07) is 3.29. The highest BCUT2D eigenvalue weighted by molar-refractivity contribution is 5.96. The summed E-state index contributed by atoms with van der Waals surface area (Å²) in [6.45, 7) is 4.74. The molecule has 132 valence electrons. The van der Waals surface area contributed by atoms with Gasteiger partial charge in [-0.15, -0.1) is 0 Å². The molecule has 1 saturated heterocycles. The van der Waals surface area contributed by atoms with Crippen LogP contribution in [0.2, 0.25) is 0 Å². The van der Waals surface area contributed by atoms with Crippen LogP contribution in [0.25, 0.3) is 0 Å². The van der Waals surface area contributed by atoms with Crippen LogP contribution in [-0.4, -0.2) is 45.1 Å². The summed E-state index contributed by atoms with van der Waals surface area (Å²) in [5, 5.41) is 7.01. The Kier molecular flexibility index (Phi) is 4.57. The second-order valence-corrected chi connectivity index (χ2v) is 6.38. The molecule has 1 N–H and O–H groups in total. The Bertz CT molecular complexity index is 810. The van der Waals surface area contributed by atoms with Crippen LogP contribution in [-0.2, 0) is 7.05 Å². The van der Waals surface area contributed by atoms with Gasteiger partial charge >= 0.3 is 0 Å². The van der Waals surface area contributed by atoms with E-state index in [2.05, 4.69) is 15.4 Å². The van der Waals surface area contributed by atoms with Crippen LogP contribution in [0.5, 0.6) is 0 Å². The quantitative estimate of drug-likeness (QED) is 0.923. The van der Waals surface area contributed by atoms with Gasteiger partial charge < -0.3 is 10.2 Å². The van der Waals surface area contributed by atoms with Crippen molar-refractivity contribution in [3.05, 3.63) is 46.5 Å². The van der Waals surface area contributed by atoms with Gasteiger partial charge in [-0.25, -0.2) is 0 Å². The van der Waals surface area contributed by atoms with Gasteiger partial charge in [-0.3, -0.25) is 19.3 Å². The number of carbonyl (C=O) groups is 2. The lowest BCUT2D eigenvalue weighted by molar-refractivity contribution is 0.0734. The first-order valence-corrected chi connectivity index (χ1v) is 8.43. The summed E-state index contributed by atoms with van der Waals surface area (Å²) in [4.78, 5) is 30.6. The van der Waals surface area contributed by atoms with Crippen LogP contribution >= 0.6 is 0 Å². The zero-order valence-electron chi connectivity index (χ0n) is 15.0. The van der Waals surface area contributed by atoms with Crippen LogP contribution in [0.3, 0.4) is 0 Å². The summed E-state index contributed by atoms with van der Waals surface area (Å²) in [7, 11) is 3.48. The van der Waals surface area contributed by atoms with E-state index < -0.39 is 0 Å². The van der Waals surface area contributed by atoms with Crippen molar-refractivity contribution in [2.24, 2.45) is 7.05 Å². The van der Waals surface area contributed by atoms with Crippen molar-refractivity contribution in [3.8, 4) is 0 Å². The van der Waals surface area contributed by atoms with Crippen LogP contribution < -0.4 is 5.32 Å². The molecule has 1 aliphatic rings. The molecule has 3 rings (SSSR count). The van der Waals surface area contributed by atoms with Crippen molar-refractivity contribution < 1.29 is 9.59 Å². The highest BCUT2D eigenvalue weighted by atomic mass is 16.2. The topological polar surface area (TPSA) is 80.1 Å². The number of hydrogen-bond donors (Lipinski definition) is 1. The lowest BCUT2D eigenvalue weighted by Crippen LogP contribution is -2.31. The van der Waals surface area contributed by atoms with Gasteiger partial charge in [0.05, 0.1) is 17.3 Å². The van der Waals surface area contributed by atoms with E-state index in [9.17, 15) is 9.59 Å². The van der Waals surface area contributed by atoms with Gasteiger partial charge in [0, 0.05) is 38.1 Å². The lowest BCUT2D eigenvalue weighted by atomic mass is 10.0. The number of hydrogen-bond acceptors (Lipinski definition) is 4. The summed E-state index contributed by atoms with van der Waals surface area (Å²) in [5.74, 6) is -0.319. The Morgan fingerprint density at radius 3 is 2.60 bits per heavy atom. The van der Waals surface area contributed by atoms with Crippen molar-refractivity contribution in [1.29, 1.82) is 0 Å². The SMILES string of the molecule is CNC(=O)c1ccc(C(=O)N2CCC[C@@H]2c2c(C)nn(C)c2C)cn1. The fourth-order valence-corrected chi connectivity index (χ4v) is 3.53. The molecule has 0 saturated carbocycles. The minimum Gasteiger partial charge on any atom is -0.354 e. The standard InChI is InChI=1S/C18H23N5O2/c1-11-16(12(2)22(4)21-11)15-6-5-9-23(15)18(25)13-7-8-14(20-10-13)17(24)19-3/h7-8,10,15H,5-6,9H2,1-4H3,(H,19,24)/t15-/m1/s1. The van der Waals surface area contributed by atoms with E-state index in [1.54, 1.807) is 19.2 Å². The predicted molar refractivity (Wildman–Crippen MR) is 93.3 cm³/mol. The molecule has 2 aromatic heterocycles. The minimum absolute atomic E-state index is 0.0415. The van der Waals surface area contributed by atoms with Crippen LogP contribution in [0.1, 0.15) is 56.7 Å². The number of likely N-dealkylation sites (tertiary alicyclic amines) is 1. The lowest BCUT2D eigenvalue weighted by Gasteiger charge is -2.25. The largest absolute Gasteiger partial charge is 0.354 e. The molecule has 1 fully saturated rings. The molecule has 0 radical (unpaired) electrons. The molecule has 0 aromatic carbocycles. The molecule has 7 heteroatoms. The second-order valence-electron chi connectivity index (χ2n) is 6.38. The Labute approximate surface area is 147 Å². The van der Waals surface area contributed by atoms with E-state index in [1.165, 1.54) is 6.20 Å². The first-order chi connectivity index (χ1) is 11.9. The number of aryl methyl sites for hydroxylation is 2. The van der Waals surface area contributed by atoms with E-state index in [1.807, 2.05) is 30.5 Å². The average Bonchev–Trinajstić information content (AvgIpc) is 3.18. The smallest absolute Gasteiger partial charge is 0.269 e. The molecule has 1 atom stereocenters. The van der Waals surface area contributed by atoms with E-state index in [4.69, 9.17) is 0 Å². The maximum Gasteiger partial charge on any atom is 0.269 e. The van der Waals surface area contributed by atoms with Gasteiger partial charge in [-0.1, -0.05) is 0 Å². The van der Waals surface area contributed by atoms with Gasteiger partial charge in [0.1, 0.15) is 5.69 Å². The van der Waals surface area contributed by atoms with Gasteiger partial charge in [0.25, 0.3) is 11.8 Å². The maximum atomic E-state index is 13.0. The van der Waals surface area contributed by atoms with Crippen LogP contribution in [0, 0.1) is 13.8 Å². The van der Waals surface area contributed by atoms with Crippen molar-refractivity contribution in [2.45, 2.75) is 32.7 Å². The van der Waals surface area contributed by atoms with Crippen molar-refractivity contribution in [1.82, 2.24) is 25.0 Å². The van der Waals surface area contributed by atoms with E-state index in [0.717, 1.165) is 29.8 Å². The Morgan fingerprint density at radius 2 is 2.04 bits per heavy atom. The highest BCUT2D eigenvalue weighted by Gasteiger charge is 2.34. The zero-order valence-corrected chi connectivity index (χ0v) is 15.0. The molecule has 2 amide bonds. The average molecular weight is 341 g/mol. The molecule has 1 aliphatic heterocycles. The van der Waals surface area contributed by atoms with Gasteiger partial charge in [-0.2, -0.15) is 5.10 Å². The third-order valence-electron chi connectivity index (χ3n) is 4.88. The minimum atomic E-state index is -0.264. The number of aromatic nitrogens is 3. The number of carbonyl (C=O) groups excluding carboxylic acids is 2. The van der Waals surface area contributed by atoms with Crippen molar-refractivity contribution in [3.63, 3.8) is 0 Å². The van der Waals surface area contributed by atoms with Crippen LogP contribution in [0.4, 0.5) is 0 Å². The zero-order chi connectivity index (χ0) is 18.1. The fraction of sp³-hybridized carbons (Fsp3) is 0.444. The molecule has 0 unspecified atom stereocenters. The molecular weight excluding hydrogens is 318 g/mol. The molecule has 0 spiro atoms. The number of amides is 2. The van der Waals surface area contributed by atoms with Crippen molar-refractivity contribution >= 4 is 11.8 Å². The summed E-state index contributed by atoms with van der Waals surface area (Å²) in [6.07, 6.45) is 3.38. The normalized spacial score (nSPS) is 17.0. The molecule has 2 aromatic rings. The number of rotatable bonds is 3. The first-order valence-electron chi connectivity index (χ1n) is 8.43. The van der Waals surface area contributed by atoms with E-state index in [0.29, 0.717) is 17.8 Å². The van der Waals surface area contributed by atoms with Crippen molar-refractivity contribution in [2.75, 3.05) is 13.6 Å². The predicted octanol–water partition coefficient (Wildman–Crippen LogP) is 1.77. The highest BCUT2D eigenvalue weighted by Crippen LogP contribution is 2.36. The Balaban J connectivity index is 1.87. The van der Waals surface area contributed by atoms with Gasteiger partial charge in [0.2, 0.25) is 0 Å². The Hall–Kier alpha value is -2.70. The third-order valence-corrected chi connectivity index (χ3v) is 4.88. The fourth-order valence-electron chi connectivity index (χ4n) is 3.53. The molecule has 25 heavy (non-hydrogen) atoms. The van der Waals surface area contributed by atoms with Gasteiger partial charge in [0.15, 0.2) is 0 Å². The molecule has 7 nitrogen and oxygen atoms in total. The molecule has 3 heterocycles. The molecule has 0 aliphatic carbocycles. The molecule has 0 bridgehead atoms. The molecular formula is C18H23N5O2. The number of nitrogens with one attached hydrogen (secondary N) is 1. The van der Waals surface area contributed by atoms with Crippen LogP contribution in [0.15, 0.2) is 18.3 Å². The second kappa shape index (κ2) is 6.66. The number of nitrogens with zero attached hydrogens (tertiary/aromatic N) is 4. The monoisotopic (exact) mass is 341 g/mol. The van der Waals surface area contributed by atoms with Gasteiger partial charge in [-0.05, 0) is 38.8 Å². The van der Waals surface area contributed by atoms with E-state index >= 15 is 0 Å². The number of pyridine rings is 1. The third kappa shape index (κ3) is 3.01. The first kappa shape index (κ1) is 17.1.